The van der Waals surface area contributed by atoms with E-state index in [9.17, 15) is 9.59 Å². The van der Waals surface area contributed by atoms with E-state index >= 15 is 0 Å². The maximum Gasteiger partial charge on any atom is 0.244 e. The van der Waals surface area contributed by atoms with Crippen LogP contribution < -0.4 is 10.1 Å². The average Bonchev–Trinajstić information content (AvgIpc) is 3.04. The SMILES string of the molecule is C[C@@]12CCC(=O)N1[C@H](C(=O)N[C@@H]1CCOc3ccccc31)CS2. The Labute approximate surface area is 139 Å². The van der Waals surface area contributed by atoms with Crippen LogP contribution in [0.25, 0.3) is 0 Å². The maximum absolute atomic E-state index is 12.8. The second-order valence-electron chi connectivity index (χ2n) is 6.50. The first-order chi connectivity index (χ1) is 11.1. The van der Waals surface area contributed by atoms with Crippen molar-refractivity contribution in [3.63, 3.8) is 0 Å². The van der Waals surface area contributed by atoms with Crippen molar-refractivity contribution in [3.8, 4) is 5.75 Å². The summed E-state index contributed by atoms with van der Waals surface area (Å²) in [4.78, 5) is 26.6. The van der Waals surface area contributed by atoms with E-state index in [-0.39, 0.29) is 28.8 Å². The Hall–Kier alpha value is -1.69. The third-order valence-electron chi connectivity index (χ3n) is 5.02. The fourth-order valence-corrected chi connectivity index (χ4v) is 5.21. The zero-order valence-corrected chi connectivity index (χ0v) is 13.9. The molecule has 0 spiro atoms. The van der Waals surface area contributed by atoms with Gasteiger partial charge in [-0.3, -0.25) is 9.59 Å². The predicted molar refractivity (Wildman–Crippen MR) is 88.2 cm³/mol. The van der Waals surface area contributed by atoms with Gasteiger partial charge in [-0.2, -0.15) is 0 Å². The molecule has 23 heavy (non-hydrogen) atoms. The summed E-state index contributed by atoms with van der Waals surface area (Å²) < 4.78 is 5.64. The van der Waals surface area contributed by atoms with E-state index < -0.39 is 0 Å². The minimum atomic E-state index is -0.352. The molecule has 1 aromatic carbocycles. The molecule has 4 rings (SSSR count). The second kappa shape index (κ2) is 5.44. The van der Waals surface area contributed by atoms with Crippen molar-refractivity contribution in [2.75, 3.05) is 12.4 Å². The first-order valence-corrected chi connectivity index (χ1v) is 9.05. The Balaban J connectivity index is 1.52. The van der Waals surface area contributed by atoms with E-state index in [1.165, 1.54) is 0 Å². The molecular formula is C17H20N2O3S. The Morgan fingerprint density at radius 1 is 1.43 bits per heavy atom. The van der Waals surface area contributed by atoms with Gasteiger partial charge in [-0.05, 0) is 19.4 Å². The summed E-state index contributed by atoms with van der Waals surface area (Å²) in [5.74, 6) is 1.58. The number of fused-ring (bicyclic) bond motifs is 2. The molecule has 0 aromatic heterocycles. The highest BCUT2D eigenvalue weighted by molar-refractivity contribution is 8.01. The van der Waals surface area contributed by atoms with Gasteiger partial charge in [0.15, 0.2) is 0 Å². The smallest absolute Gasteiger partial charge is 0.244 e. The Kier molecular flexibility index (Phi) is 3.52. The second-order valence-corrected chi connectivity index (χ2v) is 8.00. The summed E-state index contributed by atoms with van der Waals surface area (Å²) >= 11 is 1.72. The van der Waals surface area contributed by atoms with Crippen LogP contribution in [-0.4, -0.2) is 40.0 Å². The number of carbonyl (C=O) groups excluding carboxylic acids is 2. The monoisotopic (exact) mass is 332 g/mol. The van der Waals surface area contributed by atoms with E-state index in [0.29, 0.717) is 18.8 Å². The number of thioether (sulfide) groups is 1. The number of hydrogen-bond donors (Lipinski definition) is 1. The number of nitrogens with zero attached hydrogens (tertiary/aromatic N) is 1. The fraction of sp³-hybridized carbons (Fsp3) is 0.529. The van der Waals surface area contributed by atoms with Crippen molar-refractivity contribution in [2.45, 2.75) is 43.1 Å². The number of hydrogen-bond acceptors (Lipinski definition) is 4. The standard InChI is InChI=1S/C17H20N2O3S/c1-17-8-6-15(20)19(17)13(10-23-17)16(21)18-12-7-9-22-14-5-3-2-4-11(12)14/h2-5,12-13H,6-10H2,1H3,(H,18,21)/t12-,13+,17-/m1/s1. The molecule has 0 aliphatic carbocycles. The summed E-state index contributed by atoms with van der Waals surface area (Å²) in [7, 11) is 0. The molecule has 5 nitrogen and oxygen atoms in total. The van der Waals surface area contributed by atoms with Crippen LogP contribution in [-0.2, 0) is 9.59 Å². The summed E-state index contributed by atoms with van der Waals surface area (Å²) in [6, 6.07) is 7.43. The van der Waals surface area contributed by atoms with Gasteiger partial charge in [0, 0.05) is 24.2 Å². The lowest BCUT2D eigenvalue weighted by Crippen LogP contribution is -2.51. The first kappa shape index (κ1) is 14.9. The fourth-order valence-electron chi connectivity index (χ4n) is 3.77. The summed E-state index contributed by atoms with van der Waals surface area (Å²) in [6.07, 6.45) is 2.14. The Bertz CT molecular complexity index is 665. The number of rotatable bonds is 2. The predicted octanol–water partition coefficient (Wildman–Crippen LogP) is 2.08. The third-order valence-corrected chi connectivity index (χ3v) is 6.53. The molecule has 0 unspecified atom stereocenters. The lowest BCUT2D eigenvalue weighted by Gasteiger charge is -2.32. The van der Waals surface area contributed by atoms with Crippen molar-refractivity contribution in [2.24, 2.45) is 0 Å². The van der Waals surface area contributed by atoms with E-state index in [2.05, 4.69) is 12.2 Å². The van der Waals surface area contributed by atoms with Crippen LogP contribution >= 0.6 is 11.8 Å². The van der Waals surface area contributed by atoms with Crippen molar-refractivity contribution in [1.29, 1.82) is 0 Å². The van der Waals surface area contributed by atoms with Gasteiger partial charge >= 0.3 is 0 Å². The van der Waals surface area contributed by atoms with Crippen LogP contribution in [0.2, 0.25) is 0 Å². The molecule has 2 saturated heterocycles. The summed E-state index contributed by atoms with van der Waals surface area (Å²) in [5, 5.41) is 3.14. The molecule has 3 aliphatic rings. The first-order valence-electron chi connectivity index (χ1n) is 8.07. The number of nitrogens with one attached hydrogen (secondary N) is 1. The highest BCUT2D eigenvalue weighted by atomic mass is 32.2. The number of amides is 2. The largest absolute Gasteiger partial charge is 0.493 e. The van der Waals surface area contributed by atoms with Crippen molar-refractivity contribution < 1.29 is 14.3 Å². The molecule has 3 heterocycles. The molecule has 0 saturated carbocycles. The van der Waals surface area contributed by atoms with E-state index in [0.717, 1.165) is 24.2 Å². The van der Waals surface area contributed by atoms with E-state index in [1.54, 1.807) is 16.7 Å². The van der Waals surface area contributed by atoms with Gasteiger partial charge in [-0.25, -0.2) is 0 Å². The van der Waals surface area contributed by atoms with E-state index in [1.807, 2.05) is 24.3 Å². The van der Waals surface area contributed by atoms with Crippen LogP contribution in [0.1, 0.15) is 37.8 Å². The van der Waals surface area contributed by atoms with Crippen LogP contribution in [0.15, 0.2) is 24.3 Å². The molecule has 3 atom stereocenters. The van der Waals surface area contributed by atoms with Gasteiger partial charge in [0.2, 0.25) is 11.8 Å². The molecule has 122 valence electrons. The molecule has 1 aromatic rings. The molecule has 0 radical (unpaired) electrons. The zero-order chi connectivity index (χ0) is 16.0. The number of ether oxygens (including phenoxy) is 1. The van der Waals surface area contributed by atoms with Crippen LogP contribution in [0.3, 0.4) is 0 Å². The third kappa shape index (κ3) is 2.40. The zero-order valence-electron chi connectivity index (χ0n) is 13.1. The van der Waals surface area contributed by atoms with Crippen molar-refractivity contribution in [3.05, 3.63) is 29.8 Å². The van der Waals surface area contributed by atoms with E-state index in [4.69, 9.17) is 4.74 Å². The lowest BCUT2D eigenvalue weighted by atomic mass is 10.00. The van der Waals surface area contributed by atoms with Gasteiger partial charge in [-0.1, -0.05) is 18.2 Å². The summed E-state index contributed by atoms with van der Waals surface area (Å²) in [6.45, 7) is 2.67. The van der Waals surface area contributed by atoms with Crippen molar-refractivity contribution in [1.82, 2.24) is 10.2 Å². The van der Waals surface area contributed by atoms with Crippen molar-refractivity contribution >= 4 is 23.6 Å². The number of para-hydroxylation sites is 1. The minimum Gasteiger partial charge on any atom is -0.493 e. The highest BCUT2D eigenvalue weighted by Gasteiger charge is 2.53. The molecule has 2 amide bonds. The van der Waals surface area contributed by atoms with Crippen LogP contribution in [0.4, 0.5) is 0 Å². The van der Waals surface area contributed by atoms with Crippen LogP contribution in [0.5, 0.6) is 5.75 Å². The molecule has 6 heteroatoms. The minimum absolute atomic E-state index is 0.0398. The molecule has 3 aliphatic heterocycles. The normalized spacial score (nSPS) is 32.2. The van der Waals surface area contributed by atoms with Gasteiger partial charge in [0.05, 0.1) is 17.5 Å². The Morgan fingerprint density at radius 3 is 3.13 bits per heavy atom. The van der Waals surface area contributed by atoms with Gasteiger partial charge in [-0.15, -0.1) is 11.8 Å². The summed E-state index contributed by atoms with van der Waals surface area (Å²) in [5.41, 5.74) is 1.02. The highest BCUT2D eigenvalue weighted by Crippen LogP contribution is 2.47. The van der Waals surface area contributed by atoms with Gasteiger partial charge < -0.3 is 15.0 Å². The molecule has 1 N–H and O–H groups in total. The average molecular weight is 332 g/mol. The maximum atomic E-state index is 12.8. The van der Waals surface area contributed by atoms with Gasteiger partial charge in [0.1, 0.15) is 11.8 Å². The molecular weight excluding hydrogens is 312 g/mol. The van der Waals surface area contributed by atoms with Gasteiger partial charge in [0.25, 0.3) is 0 Å². The topological polar surface area (TPSA) is 58.6 Å². The number of carbonyl (C=O) groups is 2. The Morgan fingerprint density at radius 2 is 2.26 bits per heavy atom. The molecule has 0 bridgehead atoms. The quantitative estimate of drug-likeness (QED) is 0.901. The lowest BCUT2D eigenvalue weighted by molar-refractivity contribution is -0.138. The number of benzene rings is 1. The molecule has 2 fully saturated rings. The van der Waals surface area contributed by atoms with Crippen LogP contribution in [0, 0.1) is 0 Å².